The Kier molecular flexibility index (Phi) is 13.1. The lowest BCUT2D eigenvalue weighted by molar-refractivity contribution is -0.135. The molecule has 0 bridgehead atoms. The number of carbonyl (C=O) groups excluding carboxylic acids is 4. The van der Waals surface area contributed by atoms with Gasteiger partial charge in [0.05, 0.1) is 55.8 Å². The van der Waals surface area contributed by atoms with E-state index in [0.29, 0.717) is 56.4 Å². The number of aromatic amines is 2. The summed E-state index contributed by atoms with van der Waals surface area (Å²) in [6.07, 6.45) is 9.72. The van der Waals surface area contributed by atoms with E-state index in [1.165, 1.54) is 14.2 Å². The van der Waals surface area contributed by atoms with Crippen molar-refractivity contribution < 1.29 is 38.1 Å². The molecule has 16 nitrogen and oxygen atoms in total. The van der Waals surface area contributed by atoms with Crippen molar-refractivity contribution in [3.05, 3.63) is 102 Å². The zero-order valence-corrected chi connectivity index (χ0v) is 37.6. The summed E-state index contributed by atoms with van der Waals surface area (Å²) in [6.45, 7) is 11.6. The highest BCUT2D eigenvalue weighted by Crippen LogP contribution is 2.44. The number of fused-ring (bicyclic) bond motifs is 6. The SMILES string of the molecule is C=C(/C=C\C=C/C)[C@@H](NC(=O)OC)C(=O)N1CCC[C@H]1c1ncc(-c2ccc3c(c2)COc2cc4c(ccc5[nH]c([C@@H]6C[C@H](COC)CN6C(=O)[C@@H](NC(=O)OC)C(C)C)nc54)cc2-3)[nH]1. The van der Waals surface area contributed by atoms with Gasteiger partial charge in [0, 0.05) is 37.1 Å². The van der Waals surface area contributed by atoms with E-state index in [9.17, 15) is 19.2 Å². The Morgan fingerprint density at radius 3 is 2.49 bits per heavy atom. The molecule has 5 heterocycles. The Labute approximate surface area is 377 Å². The summed E-state index contributed by atoms with van der Waals surface area (Å²) in [5.41, 5.74) is 6.84. The van der Waals surface area contributed by atoms with Gasteiger partial charge in [-0.1, -0.05) is 62.9 Å². The van der Waals surface area contributed by atoms with Crippen molar-refractivity contribution in [3.63, 3.8) is 0 Å². The van der Waals surface area contributed by atoms with Crippen LogP contribution in [-0.4, -0.2) is 107 Å². The first-order chi connectivity index (χ1) is 31.4. The molecule has 0 radical (unpaired) electrons. The largest absolute Gasteiger partial charge is 0.488 e. The maximum Gasteiger partial charge on any atom is 0.407 e. The molecular weight excluding hydrogens is 829 g/mol. The van der Waals surface area contributed by atoms with E-state index >= 15 is 0 Å². The standard InChI is InChI=1S/C49H56N8O8/c1-8-9-10-12-28(4)42(55-49(61)64-7)47(59)56-18-11-13-38(56)44-50-23-37(52-44)31-14-16-33-32(20-31)26-65-40-22-34-30(21-35(33)40)15-17-36-43(34)53-45(51-36)39-19-29(25-62-5)24-57(39)46(58)41(27(2)3)54-48(60)63-6/h8-10,12,14-17,20-23,27,29,38-39,41-42H,4,11,13,18-19,24-26H2,1-3,5-7H3,(H,50,52)(H,51,53)(H,54,60)(H,55,61)/b9-8-,12-10-/t29-,38-,39-,41-,42+/m0/s1. The number of carbonyl (C=O) groups is 4. The molecular formula is C49H56N8O8. The summed E-state index contributed by atoms with van der Waals surface area (Å²) in [5.74, 6) is 1.52. The van der Waals surface area contributed by atoms with Crippen molar-refractivity contribution in [2.75, 3.05) is 41.0 Å². The molecule has 3 aliphatic heterocycles. The van der Waals surface area contributed by atoms with Gasteiger partial charge in [0.25, 0.3) is 5.91 Å². The molecule has 5 atom stereocenters. The van der Waals surface area contributed by atoms with Crippen LogP contribution in [0.4, 0.5) is 9.59 Å². The van der Waals surface area contributed by atoms with Gasteiger partial charge < -0.3 is 49.3 Å². The predicted molar refractivity (Wildman–Crippen MR) is 246 cm³/mol. The maximum atomic E-state index is 14.1. The molecule has 3 aromatic carbocycles. The van der Waals surface area contributed by atoms with Crippen LogP contribution >= 0.6 is 0 Å². The summed E-state index contributed by atoms with van der Waals surface area (Å²) < 4.78 is 21.6. The molecule has 2 saturated heterocycles. The third-order valence-corrected chi connectivity index (χ3v) is 12.6. The van der Waals surface area contributed by atoms with Gasteiger partial charge in [0.15, 0.2) is 0 Å². The molecule has 2 fully saturated rings. The fourth-order valence-corrected chi connectivity index (χ4v) is 9.30. The Morgan fingerprint density at radius 2 is 1.74 bits per heavy atom. The van der Waals surface area contributed by atoms with Crippen LogP contribution in [0.15, 0.2) is 85.1 Å². The van der Waals surface area contributed by atoms with Crippen LogP contribution in [0.1, 0.15) is 69.3 Å². The molecule has 2 aromatic heterocycles. The minimum Gasteiger partial charge on any atom is -0.488 e. The van der Waals surface area contributed by atoms with Gasteiger partial charge in [-0.05, 0) is 84.0 Å². The highest BCUT2D eigenvalue weighted by molar-refractivity contribution is 6.07. The van der Waals surface area contributed by atoms with E-state index in [4.69, 9.17) is 28.9 Å². The fourth-order valence-electron chi connectivity index (χ4n) is 9.30. The highest BCUT2D eigenvalue weighted by atomic mass is 16.5. The average molecular weight is 885 g/mol. The van der Waals surface area contributed by atoms with Crippen LogP contribution in [0.5, 0.6) is 5.75 Å². The van der Waals surface area contributed by atoms with Crippen LogP contribution in [0.2, 0.25) is 0 Å². The minimum absolute atomic E-state index is 0.0908. The number of amides is 4. The molecule has 16 heteroatoms. The Bertz CT molecular complexity index is 2700. The smallest absolute Gasteiger partial charge is 0.407 e. The lowest BCUT2D eigenvalue weighted by Gasteiger charge is -2.30. The number of benzene rings is 3. The maximum absolute atomic E-state index is 14.1. The molecule has 65 heavy (non-hydrogen) atoms. The van der Waals surface area contributed by atoms with E-state index in [0.717, 1.165) is 61.9 Å². The number of nitrogens with zero attached hydrogens (tertiary/aromatic N) is 4. The Morgan fingerprint density at radius 1 is 0.938 bits per heavy atom. The van der Waals surface area contributed by atoms with Crippen molar-refractivity contribution in [2.45, 2.75) is 70.8 Å². The van der Waals surface area contributed by atoms with Gasteiger partial charge in [-0.15, -0.1) is 0 Å². The summed E-state index contributed by atoms with van der Waals surface area (Å²) in [5, 5.41) is 7.30. The molecule has 340 valence electrons. The number of hydrogen-bond donors (Lipinski definition) is 4. The number of aromatic nitrogens is 4. The van der Waals surface area contributed by atoms with E-state index in [1.54, 1.807) is 30.4 Å². The van der Waals surface area contributed by atoms with Gasteiger partial charge in [-0.25, -0.2) is 19.6 Å². The second-order valence-corrected chi connectivity index (χ2v) is 17.1. The average Bonchev–Trinajstić information content (AvgIpc) is 4.15. The van der Waals surface area contributed by atoms with Crippen LogP contribution < -0.4 is 15.4 Å². The van der Waals surface area contributed by atoms with Crippen LogP contribution in [0.3, 0.4) is 0 Å². The van der Waals surface area contributed by atoms with E-state index < -0.39 is 24.3 Å². The number of ether oxygens (including phenoxy) is 4. The van der Waals surface area contributed by atoms with Crippen LogP contribution in [0, 0.1) is 11.8 Å². The molecule has 3 aliphatic rings. The first-order valence-corrected chi connectivity index (χ1v) is 22.0. The summed E-state index contributed by atoms with van der Waals surface area (Å²) >= 11 is 0. The molecule has 0 aliphatic carbocycles. The predicted octanol–water partition coefficient (Wildman–Crippen LogP) is 7.66. The molecule has 0 spiro atoms. The summed E-state index contributed by atoms with van der Waals surface area (Å²) in [6, 6.07) is 12.1. The van der Waals surface area contributed by atoms with Gasteiger partial charge in [-0.3, -0.25) is 9.59 Å². The number of nitrogens with one attached hydrogen (secondary N) is 4. The molecule has 4 amide bonds. The van der Waals surface area contributed by atoms with Crippen molar-refractivity contribution in [3.8, 4) is 28.1 Å². The second-order valence-electron chi connectivity index (χ2n) is 17.1. The van der Waals surface area contributed by atoms with E-state index in [-0.39, 0.29) is 35.7 Å². The number of imidazole rings is 2. The van der Waals surface area contributed by atoms with Gasteiger partial charge in [0.2, 0.25) is 5.91 Å². The number of alkyl carbamates (subject to hydrolysis) is 2. The van der Waals surface area contributed by atoms with Crippen molar-refractivity contribution in [1.82, 2.24) is 40.4 Å². The van der Waals surface area contributed by atoms with Crippen molar-refractivity contribution in [1.29, 1.82) is 0 Å². The topological polar surface area (TPSA) is 193 Å². The first-order valence-electron chi connectivity index (χ1n) is 22.0. The number of methoxy groups -OCH3 is 3. The van der Waals surface area contributed by atoms with Crippen LogP contribution in [0.25, 0.3) is 44.2 Å². The Hall–Kier alpha value is -6.94. The molecule has 4 N–H and O–H groups in total. The normalized spacial score (nSPS) is 19.1. The molecule has 0 saturated carbocycles. The first kappa shape index (κ1) is 44.7. The monoisotopic (exact) mass is 884 g/mol. The lowest BCUT2D eigenvalue weighted by atomic mass is 9.92. The number of hydrogen-bond acceptors (Lipinski definition) is 10. The van der Waals surface area contributed by atoms with Gasteiger partial charge in [0.1, 0.15) is 36.1 Å². The van der Waals surface area contributed by atoms with E-state index in [1.807, 2.05) is 50.0 Å². The Balaban J connectivity index is 1.04. The third-order valence-electron chi connectivity index (χ3n) is 12.6. The zero-order valence-electron chi connectivity index (χ0n) is 37.6. The zero-order chi connectivity index (χ0) is 45.9. The van der Waals surface area contributed by atoms with E-state index in [2.05, 4.69) is 57.5 Å². The number of allylic oxidation sites excluding steroid dienone is 3. The summed E-state index contributed by atoms with van der Waals surface area (Å²) in [7, 11) is 4.20. The van der Waals surface area contributed by atoms with Crippen molar-refractivity contribution in [2.24, 2.45) is 11.8 Å². The molecule has 0 unspecified atom stereocenters. The van der Waals surface area contributed by atoms with Gasteiger partial charge in [-0.2, -0.15) is 0 Å². The highest BCUT2D eigenvalue weighted by Gasteiger charge is 2.42. The summed E-state index contributed by atoms with van der Waals surface area (Å²) in [4.78, 5) is 73.0. The fraction of sp³-hybridized carbons (Fsp3) is 0.388. The van der Waals surface area contributed by atoms with Gasteiger partial charge >= 0.3 is 12.2 Å². The number of likely N-dealkylation sites (tertiary alicyclic amines) is 2. The number of H-pyrrole nitrogens is 2. The third kappa shape index (κ3) is 8.95. The quantitative estimate of drug-likeness (QED) is 0.0854. The molecule has 8 rings (SSSR count). The molecule has 5 aromatic rings. The van der Waals surface area contributed by atoms with Crippen molar-refractivity contribution >= 4 is 45.8 Å². The lowest BCUT2D eigenvalue weighted by Crippen LogP contribution is -2.51. The minimum atomic E-state index is -1.00. The second kappa shape index (κ2) is 19.0. The van der Waals surface area contributed by atoms with Crippen LogP contribution in [-0.2, 0) is 30.4 Å². The number of rotatable bonds is 13.